The van der Waals surface area contributed by atoms with Crippen molar-refractivity contribution < 1.29 is 14.4 Å². The second-order valence-corrected chi connectivity index (χ2v) is 8.53. The van der Waals surface area contributed by atoms with Crippen molar-refractivity contribution in [2.24, 2.45) is 4.99 Å². The van der Waals surface area contributed by atoms with Crippen molar-refractivity contribution in [3.05, 3.63) is 70.6 Å². The lowest BCUT2D eigenvalue weighted by molar-refractivity contribution is -0.903. The summed E-state index contributed by atoms with van der Waals surface area (Å²) in [5, 5.41) is 9.54. The predicted molar refractivity (Wildman–Crippen MR) is 123 cm³/mol. The van der Waals surface area contributed by atoms with Crippen molar-refractivity contribution in [2.75, 3.05) is 32.7 Å². The van der Waals surface area contributed by atoms with Gasteiger partial charge in [0.2, 0.25) is 0 Å². The molecule has 7 heteroatoms. The molecule has 1 amide bonds. The van der Waals surface area contributed by atoms with Crippen LogP contribution in [-0.4, -0.2) is 48.7 Å². The molecule has 0 aromatic heterocycles. The van der Waals surface area contributed by atoms with Gasteiger partial charge in [-0.2, -0.15) is 10.3 Å². The number of hydrogen-bond donors (Lipinski definition) is 1. The number of quaternary nitrogens is 1. The molecule has 0 bridgehead atoms. The van der Waals surface area contributed by atoms with E-state index in [1.54, 1.807) is 0 Å². The second kappa shape index (κ2) is 10.3. The fourth-order valence-corrected chi connectivity index (χ4v) is 4.59. The molecule has 2 aliphatic heterocycles. The maximum atomic E-state index is 12.5. The lowest BCUT2D eigenvalue weighted by Crippen LogP contribution is -3.14. The van der Waals surface area contributed by atoms with E-state index in [-0.39, 0.29) is 5.91 Å². The standard InChI is InChI=1S/C24H24N4O2S/c25-11-6-12-27-13-15-28(16-14-27)24-26-23(29)22(31-24)17-20-9-4-5-10-21(20)30-18-19-7-2-1-3-8-19/h1-5,7-10,17H,6,12-16,18H2/p+1/b22-17-. The molecule has 1 N–H and O–H groups in total. The Kier molecular flexibility index (Phi) is 7.03. The Morgan fingerprint density at radius 3 is 2.65 bits per heavy atom. The fourth-order valence-electron chi connectivity index (χ4n) is 3.64. The van der Waals surface area contributed by atoms with Gasteiger partial charge in [-0.15, -0.1) is 0 Å². The van der Waals surface area contributed by atoms with E-state index in [4.69, 9.17) is 10.00 Å². The molecule has 0 saturated carbocycles. The van der Waals surface area contributed by atoms with Gasteiger partial charge in [0.15, 0.2) is 5.17 Å². The second-order valence-electron chi connectivity index (χ2n) is 7.52. The lowest BCUT2D eigenvalue weighted by atomic mass is 10.2. The van der Waals surface area contributed by atoms with E-state index in [1.807, 2.05) is 60.7 Å². The van der Waals surface area contributed by atoms with Crippen molar-refractivity contribution in [3.63, 3.8) is 0 Å². The Hall–Kier alpha value is -3.08. The van der Waals surface area contributed by atoms with Gasteiger partial charge < -0.3 is 14.5 Å². The number of amides is 1. The first-order valence-electron chi connectivity index (χ1n) is 10.5. The van der Waals surface area contributed by atoms with E-state index in [9.17, 15) is 4.79 Å². The van der Waals surface area contributed by atoms with Gasteiger partial charge in [-0.05, 0) is 29.5 Å². The van der Waals surface area contributed by atoms with Gasteiger partial charge in [0.25, 0.3) is 5.91 Å². The van der Waals surface area contributed by atoms with Crippen molar-refractivity contribution in [1.29, 1.82) is 5.26 Å². The fraction of sp³-hybridized carbons (Fsp3) is 0.292. The smallest absolute Gasteiger partial charge is 0.286 e. The molecule has 2 aliphatic rings. The summed E-state index contributed by atoms with van der Waals surface area (Å²) in [4.78, 5) is 21.1. The number of amidine groups is 1. The molecule has 0 radical (unpaired) electrons. The summed E-state index contributed by atoms with van der Waals surface area (Å²) in [5.41, 5.74) is 1.97. The van der Waals surface area contributed by atoms with Crippen LogP contribution in [0.1, 0.15) is 17.5 Å². The average Bonchev–Trinajstić information content (AvgIpc) is 3.18. The minimum absolute atomic E-state index is 0.197. The molecular formula is C24H25N4O2S+. The van der Waals surface area contributed by atoms with Crippen molar-refractivity contribution >= 4 is 28.9 Å². The summed E-state index contributed by atoms with van der Waals surface area (Å²) < 4.78 is 6.02. The zero-order valence-electron chi connectivity index (χ0n) is 17.3. The minimum Gasteiger partial charge on any atom is -0.488 e. The number of benzene rings is 2. The molecule has 0 aliphatic carbocycles. The maximum Gasteiger partial charge on any atom is 0.286 e. The molecule has 1 saturated heterocycles. The van der Waals surface area contributed by atoms with Crippen molar-refractivity contribution in [1.82, 2.24) is 4.90 Å². The Labute approximate surface area is 186 Å². The Balaban J connectivity index is 1.39. The third kappa shape index (κ3) is 5.54. The summed E-state index contributed by atoms with van der Waals surface area (Å²) in [7, 11) is 0. The molecule has 2 heterocycles. The van der Waals surface area contributed by atoms with Gasteiger partial charge >= 0.3 is 0 Å². The van der Waals surface area contributed by atoms with Gasteiger partial charge in [0.1, 0.15) is 12.4 Å². The van der Waals surface area contributed by atoms with Gasteiger partial charge in [-0.3, -0.25) is 4.79 Å². The van der Waals surface area contributed by atoms with Gasteiger partial charge in [0, 0.05) is 5.56 Å². The Morgan fingerprint density at radius 1 is 1.13 bits per heavy atom. The number of nitrogens with one attached hydrogen (secondary N) is 1. The van der Waals surface area contributed by atoms with Crippen LogP contribution in [0.25, 0.3) is 6.08 Å². The zero-order valence-corrected chi connectivity index (χ0v) is 18.1. The lowest BCUT2D eigenvalue weighted by Gasteiger charge is -2.32. The van der Waals surface area contributed by atoms with Crippen molar-refractivity contribution in [2.45, 2.75) is 13.0 Å². The van der Waals surface area contributed by atoms with Gasteiger partial charge in [-0.1, -0.05) is 48.5 Å². The number of hydrogen-bond acceptors (Lipinski definition) is 5. The van der Waals surface area contributed by atoms with E-state index < -0.39 is 0 Å². The van der Waals surface area contributed by atoms with E-state index in [0.717, 1.165) is 54.8 Å². The van der Waals surface area contributed by atoms with Crippen LogP contribution in [-0.2, 0) is 11.4 Å². The van der Waals surface area contributed by atoms with Gasteiger partial charge in [-0.25, -0.2) is 0 Å². The topological polar surface area (TPSA) is 70.1 Å². The third-order valence-electron chi connectivity index (χ3n) is 5.38. The van der Waals surface area contributed by atoms with Crippen LogP contribution in [0.3, 0.4) is 0 Å². The molecule has 2 aromatic rings. The van der Waals surface area contributed by atoms with Crippen LogP contribution in [0.4, 0.5) is 0 Å². The number of rotatable bonds is 6. The number of nitrogens with zero attached hydrogens (tertiary/aromatic N) is 3. The van der Waals surface area contributed by atoms with Crippen LogP contribution in [0, 0.1) is 11.3 Å². The first-order chi connectivity index (χ1) is 15.2. The molecule has 2 aromatic carbocycles. The minimum atomic E-state index is -0.197. The molecular weight excluding hydrogens is 408 g/mol. The number of thioether (sulfide) groups is 1. The molecule has 158 valence electrons. The molecule has 0 unspecified atom stereocenters. The number of nitriles is 1. The van der Waals surface area contributed by atoms with E-state index in [2.05, 4.69) is 16.0 Å². The van der Waals surface area contributed by atoms with Crippen LogP contribution >= 0.6 is 11.8 Å². The summed E-state index contributed by atoms with van der Waals surface area (Å²) in [6, 6.07) is 20.0. The normalized spacial score (nSPS) is 18.2. The first kappa shape index (κ1) is 21.2. The number of ether oxygens (including phenoxy) is 1. The predicted octanol–water partition coefficient (Wildman–Crippen LogP) is 2.35. The van der Waals surface area contributed by atoms with Crippen molar-refractivity contribution in [3.8, 4) is 11.8 Å². The number of piperazine rings is 1. The summed E-state index contributed by atoms with van der Waals surface area (Å²) >= 11 is 1.43. The summed E-state index contributed by atoms with van der Waals surface area (Å²) in [6.45, 7) is 4.99. The number of aliphatic imine (C=N–C) groups is 1. The Morgan fingerprint density at radius 2 is 1.87 bits per heavy atom. The molecule has 0 atom stereocenters. The van der Waals surface area contributed by atoms with Crippen LogP contribution in [0.15, 0.2) is 64.5 Å². The molecule has 0 spiro atoms. The highest BCUT2D eigenvalue weighted by molar-refractivity contribution is 8.18. The Bertz CT molecular complexity index is 1020. The van der Waals surface area contributed by atoms with E-state index >= 15 is 0 Å². The number of carbonyl (C=O) groups excluding carboxylic acids is 1. The van der Waals surface area contributed by atoms with Crippen LogP contribution in [0.5, 0.6) is 5.75 Å². The number of para-hydroxylation sites is 1. The van der Waals surface area contributed by atoms with Crippen LogP contribution < -0.4 is 9.64 Å². The summed E-state index contributed by atoms with van der Waals surface area (Å²) in [6.07, 6.45) is 2.46. The maximum absolute atomic E-state index is 12.5. The largest absolute Gasteiger partial charge is 0.488 e. The number of carbonyl (C=O) groups is 1. The monoisotopic (exact) mass is 433 g/mol. The first-order valence-corrected chi connectivity index (χ1v) is 11.3. The highest BCUT2D eigenvalue weighted by atomic mass is 32.2. The SMILES string of the molecule is N#CCC[NH+]1CCN(C2=NC(=O)/C(=C/c3ccccc3OCc3ccccc3)S2)CC1. The highest BCUT2D eigenvalue weighted by Crippen LogP contribution is 2.32. The third-order valence-corrected chi connectivity index (χ3v) is 6.43. The quantitative estimate of drug-likeness (QED) is 0.709. The average molecular weight is 434 g/mol. The highest BCUT2D eigenvalue weighted by Gasteiger charge is 2.29. The molecule has 4 rings (SSSR count). The summed E-state index contributed by atoms with van der Waals surface area (Å²) in [5.74, 6) is 0.549. The molecule has 6 nitrogen and oxygen atoms in total. The van der Waals surface area contributed by atoms with Gasteiger partial charge in [0.05, 0.1) is 50.1 Å². The molecule has 31 heavy (non-hydrogen) atoms. The molecule has 1 fully saturated rings. The zero-order chi connectivity index (χ0) is 21.5. The van der Waals surface area contributed by atoms with E-state index in [0.29, 0.717) is 17.9 Å². The van der Waals surface area contributed by atoms with E-state index in [1.165, 1.54) is 16.7 Å². The van der Waals surface area contributed by atoms with Crippen LogP contribution in [0.2, 0.25) is 0 Å².